The Labute approximate surface area is 117 Å². The first kappa shape index (κ1) is 14.4. The Kier molecular flexibility index (Phi) is 5.25. The Morgan fingerprint density at radius 1 is 1.25 bits per heavy atom. The summed E-state index contributed by atoms with van der Waals surface area (Å²) in [6.07, 6.45) is 0.949. The molecule has 1 rings (SSSR count). The summed E-state index contributed by atoms with van der Waals surface area (Å²) < 4.78 is -1.31. The van der Waals surface area contributed by atoms with Crippen LogP contribution in [0.3, 0.4) is 0 Å². The summed E-state index contributed by atoms with van der Waals surface area (Å²) in [5, 5.41) is 0.667. The molecule has 2 unspecified atom stereocenters. The van der Waals surface area contributed by atoms with Gasteiger partial charge in [0.15, 0.2) is 3.79 Å². The Bertz CT molecular complexity index is 343. The summed E-state index contributed by atoms with van der Waals surface area (Å²) in [5.41, 5.74) is 0.974. The Morgan fingerprint density at radius 2 is 1.88 bits per heavy atom. The molecule has 16 heavy (non-hydrogen) atoms. The zero-order valence-electron chi connectivity index (χ0n) is 9.18. The standard InChI is InChI=1S/C12H14Cl4/c1-3-8(2)11(12(14,15)16)9-5-4-6-10(13)7-9/h4-8,11H,3H2,1-2H3. The van der Waals surface area contributed by atoms with Gasteiger partial charge in [-0.25, -0.2) is 0 Å². The van der Waals surface area contributed by atoms with Crippen molar-refractivity contribution in [3.05, 3.63) is 34.9 Å². The predicted molar refractivity (Wildman–Crippen MR) is 73.9 cm³/mol. The van der Waals surface area contributed by atoms with Crippen molar-refractivity contribution in [2.24, 2.45) is 5.92 Å². The van der Waals surface area contributed by atoms with Gasteiger partial charge >= 0.3 is 0 Å². The second-order valence-electron chi connectivity index (χ2n) is 3.96. The van der Waals surface area contributed by atoms with E-state index in [1.165, 1.54) is 0 Å². The van der Waals surface area contributed by atoms with E-state index < -0.39 is 3.79 Å². The molecule has 4 heteroatoms. The smallest absolute Gasteiger partial charge is 0.0843 e. The van der Waals surface area contributed by atoms with Crippen LogP contribution in [0.2, 0.25) is 5.02 Å². The van der Waals surface area contributed by atoms with Crippen molar-refractivity contribution in [1.29, 1.82) is 0 Å². The fourth-order valence-electron chi connectivity index (χ4n) is 1.78. The molecule has 0 radical (unpaired) electrons. The molecule has 0 fully saturated rings. The molecule has 0 saturated heterocycles. The fourth-order valence-corrected chi connectivity index (χ4v) is 3.00. The van der Waals surface area contributed by atoms with E-state index in [9.17, 15) is 0 Å². The highest BCUT2D eigenvalue weighted by Gasteiger charge is 2.37. The first-order valence-corrected chi connectivity index (χ1v) is 6.69. The van der Waals surface area contributed by atoms with Crippen molar-refractivity contribution >= 4 is 46.4 Å². The maximum atomic E-state index is 6.05. The molecular weight excluding hydrogens is 286 g/mol. The first-order chi connectivity index (χ1) is 7.36. The average molecular weight is 300 g/mol. The van der Waals surface area contributed by atoms with Crippen molar-refractivity contribution in [1.82, 2.24) is 0 Å². The van der Waals surface area contributed by atoms with Gasteiger partial charge in [0, 0.05) is 10.9 Å². The molecule has 0 spiro atoms. The first-order valence-electron chi connectivity index (χ1n) is 5.18. The maximum absolute atomic E-state index is 6.05. The topological polar surface area (TPSA) is 0 Å². The number of hydrogen-bond acceptors (Lipinski definition) is 0. The van der Waals surface area contributed by atoms with E-state index in [-0.39, 0.29) is 11.8 Å². The van der Waals surface area contributed by atoms with Gasteiger partial charge in [0.25, 0.3) is 0 Å². The summed E-state index contributed by atoms with van der Waals surface area (Å²) in [6, 6.07) is 7.51. The molecule has 0 nitrogen and oxygen atoms in total. The Morgan fingerprint density at radius 3 is 2.31 bits per heavy atom. The third-order valence-corrected chi connectivity index (χ3v) is 3.71. The number of hydrogen-bond donors (Lipinski definition) is 0. The number of benzene rings is 1. The van der Waals surface area contributed by atoms with Crippen LogP contribution in [-0.2, 0) is 0 Å². The highest BCUT2D eigenvalue weighted by atomic mass is 35.6. The SMILES string of the molecule is CCC(C)C(c1cccc(Cl)c1)C(Cl)(Cl)Cl. The van der Waals surface area contributed by atoms with Crippen LogP contribution in [0.25, 0.3) is 0 Å². The summed E-state index contributed by atoms with van der Waals surface area (Å²) in [4.78, 5) is 0. The second kappa shape index (κ2) is 5.82. The quantitative estimate of drug-likeness (QED) is 0.615. The summed E-state index contributed by atoms with van der Waals surface area (Å²) in [5.74, 6) is 0.146. The monoisotopic (exact) mass is 298 g/mol. The van der Waals surface area contributed by atoms with Gasteiger partial charge in [-0.3, -0.25) is 0 Å². The van der Waals surface area contributed by atoms with Gasteiger partial charge in [0.2, 0.25) is 0 Å². The van der Waals surface area contributed by atoms with E-state index in [4.69, 9.17) is 46.4 Å². The van der Waals surface area contributed by atoms with E-state index in [0.717, 1.165) is 12.0 Å². The van der Waals surface area contributed by atoms with Gasteiger partial charge in [-0.15, -0.1) is 0 Å². The summed E-state index contributed by atoms with van der Waals surface area (Å²) in [6.45, 7) is 4.16. The normalized spacial score (nSPS) is 15.9. The predicted octanol–water partition coefficient (Wildman–Crippen LogP) is 5.84. The van der Waals surface area contributed by atoms with Crippen LogP contribution in [0.5, 0.6) is 0 Å². The molecule has 0 aliphatic rings. The van der Waals surface area contributed by atoms with E-state index in [0.29, 0.717) is 5.02 Å². The van der Waals surface area contributed by atoms with Crippen molar-refractivity contribution in [3.8, 4) is 0 Å². The maximum Gasteiger partial charge on any atom is 0.197 e. The summed E-state index contributed by atoms with van der Waals surface area (Å²) in [7, 11) is 0. The Hall–Kier alpha value is 0.380. The minimum atomic E-state index is -1.31. The van der Waals surface area contributed by atoms with Crippen molar-refractivity contribution in [2.75, 3.05) is 0 Å². The molecule has 0 aliphatic heterocycles. The van der Waals surface area contributed by atoms with Gasteiger partial charge in [0.1, 0.15) is 0 Å². The molecule has 1 aromatic carbocycles. The van der Waals surface area contributed by atoms with Gasteiger partial charge in [-0.1, -0.05) is 78.8 Å². The second-order valence-corrected chi connectivity index (χ2v) is 6.77. The van der Waals surface area contributed by atoms with Gasteiger partial charge in [-0.05, 0) is 23.6 Å². The van der Waals surface area contributed by atoms with Crippen molar-refractivity contribution in [2.45, 2.75) is 30.0 Å². The zero-order chi connectivity index (χ0) is 12.3. The molecule has 0 saturated carbocycles. The van der Waals surface area contributed by atoms with Gasteiger partial charge in [0.05, 0.1) is 0 Å². The molecule has 0 heterocycles. The lowest BCUT2D eigenvalue weighted by Gasteiger charge is -2.30. The highest BCUT2D eigenvalue weighted by Crippen LogP contribution is 2.47. The molecule has 0 amide bonds. The molecule has 1 aromatic rings. The van der Waals surface area contributed by atoms with Crippen LogP contribution in [0.15, 0.2) is 24.3 Å². The van der Waals surface area contributed by atoms with Gasteiger partial charge in [-0.2, -0.15) is 0 Å². The molecule has 2 atom stereocenters. The third kappa shape index (κ3) is 3.70. The molecular formula is C12H14Cl4. The molecule has 0 N–H and O–H groups in total. The van der Waals surface area contributed by atoms with Crippen LogP contribution in [-0.4, -0.2) is 3.79 Å². The molecule has 0 bridgehead atoms. The van der Waals surface area contributed by atoms with Crippen LogP contribution >= 0.6 is 46.4 Å². The van der Waals surface area contributed by atoms with E-state index in [1.54, 1.807) is 0 Å². The minimum absolute atomic E-state index is 0.138. The lowest BCUT2D eigenvalue weighted by molar-refractivity contribution is 0.450. The molecule has 0 aliphatic carbocycles. The highest BCUT2D eigenvalue weighted by molar-refractivity contribution is 6.68. The minimum Gasteiger partial charge on any atom is -0.0843 e. The number of alkyl halides is 3. The van der Waals surface area contributed by atoms with Gasteiger partial charge < -0.3 is 0 Å². The van der Waals surface area contributed by atoms with E-state index in [1.807, 2.05) is 24.3 Å². The molecule has 0 aromatic heterocycles. The zero-order valence-corrected chi connectivity index (χ0v) is 12.2. The lowest BCUT2D eigenvalue weighted by Crippen LogP contribution is -2.23. The largest absolute Gasteiger partial charge is 0.197 e. The number of halogens is 4. The van der Waals surface area contributed by atoms with Crippen LogP contribution < -0.4 is 0 Å². The molecule has 90 valence electrons. The van der Waals surface area contributed by atoms with Crippen LogP contribution in [0, 0.1) is 5.92 Å². The number of rotatable bonds is 3. The summed E-state index contributed by atoms with van der Waals surface area (Å²) >= 11 is 24.1. The average Bonchev–Trinajstić information content (AvgIpc) is 2.15. The van der Waals surface area contributed by atoms with E-state index in [2.05, 4.69) is 13.8 Å². The van der Waals surface area contributed by atoms with Crippen LogP contribution in [0.1, 0.15) is 31.7 Å². The third-order valence-electron chi connectivity index (χ3n) is 2.77. The van der Waals surface area contributed by atoms with Crippen molar-refractivity contribution in [3.63, 3.8) is 0 Å². The fraction of sp³-hybridized carbons (Fsp3) is 0.500. The van der Waals surface area contributed by atoms with E-state index >= 15 is 0 Å². The van der Waals surface area contributed by atoms with Crippen LogP contribution in [0.4, 0.5) is 0 Å². The Balaban J connectivity index is 3.11. The van der Waals surface area contributed by atoms with Crippen molar-refractivity contribution < 1.29 is 0 Å². The lowest BCUT2D eigenvalue weighted by atomic mass is 9.87.